The Balaban J connectivity index is 1.88. The third kappa shape index (κ3) is 2.90. The second-order valence-corrected chi connectivity index (χ2v) is 7.13. The molecule has 0 aliphatic carbocycles. The normalized spacial score (nSPS) is 16.2. The van der Waals surface area contributed by atoms with Crippen molar-refractivity contribution in [1.29, 1.82) is 0 Å². The molecule has 5 nitrogen and oxygen atoms in total. The number of furan rings is 2. The Morgan fingerprint density at radius 3 is 2.23 bits per heavy atom. The lowest BCUT2D eigenvalue weighted by molar-refractivity contribution is 0.354. The van der Waals surface area contributed by atoms with E-state index < -0.39 is 0 Å². The van der Waals surface area contributed by atoms with E-state index in [-0.39, 0.29) is 5.25 Å². The molecule has 1 aliphatic heterocycles. The van der Waals surface area contributed by atoms with Gasteiger partial charge in [-0.25, -0.2) is 4.99 Å². The minimum absolute atomic E-state index is 0.0450. The highest BCUT2D eigenvalue weighted by Gasteiger charge is 2.31. The molecule has 0 saturated carbocycles. The predicted octanol–water partition coefficient (Wildman–Crippen LogP) is 5.42. The Morgan fingerprint density at radius 2 is 1.62 bits per heavy atom. The maximum Gasteiger partial charge on any atom is 0.162 e. The fourth-order valence-electron chi connectivity index (χ4n) is 2.97. The molecule has 0 radical (unpaired) electrons. The van der Waals surface area contributed by atoms with Gasteiger partial charge in [0.2, 0.25) is 0 Å². The molecule has 6 heteroatoms. The minimum atomic E-state index is -0.0450. The molecular formula is C20H19NO4S. The van der Waals surface area contributed by atoms with E-state index in [1.165, 1.54) is 0 Å². The van der Waals surface area contributed by atoms with Gasteiger partial charge in [-0.1, -0.05) is 11.8 Å². The number of benzene rings is 1. The number of fused-ring (bicyclic) bond motifs is 1. The van der Waals surface area contributed by atoms with Crippen molar-refractivity contribution in [2.24, 2.45) is 4.99 Å². The summed E-state index contributed by atoms with van der Waals surface area (Å²) in [7, 11) is 3.25. The van der Waals surface area contributed by atoms with E-state index in [4.69, 9.17) is 23.3 Å². The molecule has 0 fully saturated rings. The smallest absolute Gasteiger partial charge is 0.162 e. The highest BCUT2D eigenvalue weighted by molar-refractivity contribution is 8.14. The molecular weight excluding hydrogens is 350 g/mol. The Morgan fingerprint density at radius 1 is 0.923 bits per heavy atom. The molecule has 0 amide bonds. The van der Waals surface area contributed by atoms with Crippen molar-refractivity contribution in [1.82, 2.24) is 0 Å². The molecule has 0 spiro atoms. The summed E-state index contributed by atoms with van der Waals surface area (Å²) in [6.45, 7) is 3.87. The number of hydrogen-bond donors (Lipinski definition) is 0. The summed E-state index contributed by atoms with van der Waals surface area (Å²) >= 11 is 1.61. The van der Waals surface area contributed by atoms with Gasteiger partial charge in [-0.2, -0.15) is 0 Å². The number of hydrogen-bond acceptors (Lipinski definition) is 6. The lowest BCUT2D eigenvalue weighted by Crippen LogP contribution is -2.08. The highest BCUT2D eigenvalue weighted by Crippen LogP contribution is 2.50. The van der Waals surface area contributed by atoms with Gasteiger partial charge < -0.3 is 18.3 Å². The predicted molar refractivity (Wildman–Crippen MR) is 102 cm³/mol. The van der Waals surface area contributed by atoms with Crippen LogP contribution < -0.4 is 9.47 Å². The van der Waals surface area contributed by atoms with Crippen LogP contribution in [0.4, 0.5) is 5.69 Å². The number of rotatable bonds is 4. The number of ether oxygens (including phenoxy) is 2. The summed E-state index contributed by atoms with van der Waals surface area (Å²) in [6, 6.07) is 11.7. The molecule has 0 N–H and O–H groups in total. The van der Waals surface area contributed by atoms with Crippen molar-refractivity contribution in [2.75, 3.05) is 14.2 Å². The maximum absolute atomic E-state index is 5.92. The van der Waals surface area contributed by atoms with Gasteiger partial charge in [0.1, 0.15) is 22.3 Å². The zero-order chi connectivity index (χ0) is 18.3. The fraction of sp³-hybridized carbons (Fsp3) is 0.250. The average Bonchev–Trinajstić information content (AvgIpc) is 3.27. The van der Waals surface area contributed by atoms with E-state index in [9.17, 15) is 0 Å². The van der Waals surface area contributed by atoms with Crippen LogP contribution in [0.25, 0.3) is 0 Å². The molecule has 1 aliphatic rings. The van der Waals surface area contributed by atoms with Crippen LogP contribution in [-0.4, -0.2) is 19.3 Å². The van der Waals surface area contributed by atoms with E-state index in [2.05, 4.69) is 0 Å². The van der Waals surface area contributed by atoms with Crippen LogP contribution in [0.5, 0.6) is 11.5 Å². The summed E-state index contributed by atoms with van der Waals surface area (Å²) in [5.41, 5.74) is 1.85. The summed E-state index contributed by atoms with van der Waals surface area (Å²) in [6.07, 6.45) is 0. The number of aliphatic imine (C=N–C) groups is 1. The van der Waals surface area contributed by atoms with Crippen LogP contribution >= 0.6 is 11.8 Å². The molecule has 1 atom stereocenters. The van der Waals surface area contributed by atoms with Gasteiger partial charge in [0, 0.05) is 11.6 Å². The van der Waals surface area contributed by atoms with Gasteiger partial charge in [0.25, 0.3) is 0 Å². The van der Waals surface area contributed by atoms with E-state index in [1.807, 2.05) is 50.2 Å². The second-order valence-electron chi connectivity index (χ2n) is 6.04. The maximum atomic E-state index is 5.92. The number of aryl methyl sites for hydroxylation is 2. The first-order valence-electron chi connectivity index (χ1n) is 8.23. The number of thioether (sulfide) groups is 1. The molecule has 1 aromatic carbocycles. The van der Waals surface area contributed by atoms with Gasteiger partial charge in [-0.3, -0.25) is 0 Å². The SMILES string of the molecule is COc1cc2c(cc1OC)[C@H](c1ccc(C)o1)SC(c1ccc(C)o1)=N2. The molecule has 3 aromatic rings. The first kappa shape index (κ1) is 16.8. The zero-order valence-corrected chi connectivity index (χ0v) is 15.8. The van der Waals surface area contributed by atoms with Crippen LogP contribution in [0.3, 0.4) is 0 Å². The van der Waals surface area contributed by atoms with Crippen LogP contribution in [0.1, 0.15) is 33.9 Å². The van der Waals surface area contributed by atoms with E-state index in [0.717, 1.165) is 39.3 Å². The van der Waals surface area contributed by atoms with Crippen LogP contribution in [-0.2, 0) is 0 Å². The van der Waals surface area contributed by atoms with Crippen molar-refractivity contribution in [3.8, 4) is 11.5 Å². The molecule has 0 saturated heterocycles. The van der Waals surface area contributed by atoms with Crippen molar-refractivity contribution in [3.63, 3.8) is 0 Å². The molecule has 4 rings (SSSR count). The van der Waals surface area contributed by atoms with Gasteiger partial charge in [0.05, 0.1) is 25.2 Å². The first-order valence-corrected chi connectivity index (χ1v) is 9.11. The lowest BCUT2D eigenvalue weighted by Gasteiger charge is -2.23. The third-order valence-corrected chi connectivity index (χ3v) is 5.48. The summed E-state index contributed by atoms with van der Waals surface area (Å²) in [4.78, 5) is 4.80. The summed E-state index contributed by atoms with van der Waals surface area (Å²) in [5.74, 6) is 4.67. The van der Waals surface area contributed by atoms with Crippen LogP contribution in [0.2, 0.25) is 0 Å². The molecule has 26 heavy (non-hydrogen) atoms. The minimum Gasteiger partial charge on any atom is -0.493 e. The first-order chi connectivity index (χ1) is 12.6. The number of nitrogens with zero attached hydrogens (tertiary/aromatic N) is 1. The van der Waals surface area contributed by atoms with Crippen molar-refractivity contribution in [2.45, 2.75) is 19.1 Å². The fourth-order valence-corrected chi connectivity index (χ4v) is 4.13. The van der Waals surface area contributed by atoms with Gasteiger partial charge in [-0.15, -0.1) is 0 Å². The summed E-state index contributed by atoms with van der Waals surface area (Å²) < 4.78 is 22.6. The van der Waals surface area contributed by atoms with Crippen molar-refractivity contribution in [3.05, 3.63) is 65.0 Å². The lowest BCUT2D eigenvalue weighted by atomic mass is 10.1. The third-order valence-electron chi connectivity index (χ3n) is 4.24. The topological polar surface area (TPSA) is 57.1 Å². The molecule has 134 valence electrons. The average molecular weight is 369 g/mol. The monoisotopic (exact) mass is 369 g/mol. The summed E-state index contributed by atoms with van der Waals surface area (Å²) in [5, 5.41) is 0.772. The zero-order valence-electron chi connectivity index (χ0n) is 15.0. The van der Waals surface area contributed by atoms with E-state index >= 15 is 0 Å². The standard InChI is InChI=1S/C20H19NO4S/c1-11-5-7-15(24-11)19-13-9-17(22-3)18(23-4)10-14(13)21-20(26-19)16-8-6-12(2)25-16/h5-10,19H,1-4H3/t19-/m1/s1. The Hall–Kier alpha value is -2.60. The van der Waals surface area contributed by atoms with Gasteiger partial charge in [-0.05, 0) is 44.2 Å². The molecule has 3 heterocycles. The van der Waals surface area contributed by atoms with Crippen LogP contribution in [0, 0.1) is 13.8 Å². The van der Waals surface area contributed by atoms with E-state index in [0.29, 0.717) is 11.5 Å². The Bertz CT molecular complexity index is 986. The largest absolute Gasteiger partial charge is 0.493 e. The van der Waals surface area contributed by atoms with Crippen LogP contribution in [0.15, 0.2) is 50.2 Å². The Labute approximate surface area is 156 Å². The number of methoxy groups -OCH3 is 2. The van der Waals surface area contributed by atoms with Gasteiger partial charge >= 0.3 is 0 Å². The molecule has 0 bridgehead atoms. The second kappa shape index (κ2) is 6.61. The van der Waals surface area contributed by atoms with Crippen molar-refractivity contribution >= 4 is 22.5 Å². The van der Waals surface area contributed by atoms with Crippen molar-refractivity contribution < 1.29 is 18.3 Å². The highest BCUT2D eigenvalue weighted by atomic mass is 32.2. The van der Waals surface area contributed by atoms with Gasteiger partial charge in [0.15, 0.2) is 17.3 Å². The quantitative estimate of drug-likeness (QED) is 0.614. The Kier molecular flexibility index (Phi) is 4.28. The van der Waals surface area contributed by atoms with E-state index in [1.54, 1.807) is 26.0 Å². The molecule has 2 aromatic heterocycles. The molecule has 0 unspecified atom stereocenters.